The van der Waals surface area contributed by atoms with Gasteiger partial charge < -0.3 is 14.2 Å². The van der Waals surface area contributed by atoms with Crippen molar-refractivity contribution in [2.24, 2.45) is 5.92 Å². The van der Waals surface area contributed by atoms with Gasteiger partial charge in [0.05, 0.1) is 13.2 Å². The Morgan fingerprint density at radius 3 is 3.05 bits per heavy atom. The standard InChI is InChI=1S/C13H24N4O2/c1-11-14-13(19-15-11)10-16(2)8-12-4-5-17(9-12)6-7-18-3/h12H,4-10H2,1-3H3. The highest BCUT2D eigenvalue weighted by atomic mass is 16.5. The lowest BCUT2D eigenvalue weighted by Gasteiger charge is -2.20. The van der Waals surface area contributed by atoms with E-state index < -0.39 is 0 Å². The van der Waals surface area contributed by atoms with Gasteiger partial charge in [-0.1, -0.05) is 5.16 Å². The Morgan fingerprint density at radius 2 is 2.37 bits per heavy atom. The summed E-state index contributed by atoms with van der Waals surface area (Å²) in [6, 6.07) is 0. The smallest absolute Gasteiger partial charge is 0.240 e. The first-order chi connectivity index (χ1) is 9.17. The zero-order valence-electron chi connectivity index (χ0n) is 12.1. The molecule has 6 nitrogen and oxygen atoms in total. The van der Waals surface area contributed by atoms with Crippen LogP contribution in [0.25, 0.3) is 0 Å². The van der Waals surface area contributed by atoms with Gasteiger partial charge >= 0.3 is 0 Å². The van der Waals surface area contributed by atoms with Crippen LogP contribution < -0.4 is 0 Å². The second-order valence-corrected chi connectivity index (χ2v) is 5.38. The van der Waals surface area contributed by atoms with Gasteiger partial charge in [-0.15, -0.1) is 0 Å². The quantitative estimate of drug-likeness (QED) is 0.728. The van der Waals surface area contributed by atoms with Gasteiger partial charge in [-0.2, -0.15) is 4.98 Å². The van der Waals surface area contributed by atoms with Crippen LogP contribution in [0.3, 0.4) is 0 Å². The highest BCUT2D eigenvalue weighted by molar-refractivity contribution is 4.84. The SMILES string of the molecule is COCCN1CCC(CN(C)Cc2nc(C)no2)C1. The summed E-state index contributed by atoms with van der Waals surface area (Å²) in [6.45, 7) is 7.86. The summed E-state index contributed by atoms with van der Waals surface area (Å²) in [4.78, 5) is 8.97. The molecule has 1 atom stereocenters. The molecular formula is C13H24N4O2. The summed E-state index contributed by atoms with van der Waals surface area (Å²) in [7, 11) is 3.87. The lowest BCUT2D eigenvalue weighted by molar-refractivity contribution is 0.156. The number of ether oxygens (including phenoxy) is 1. The third-order valence-electron chi connectivity index (χ3n) is 3.53. The van der Waals surface area contributed by atoms with Crippen LogP contribution in [0.5, 0.6) is 0 Å². The first-order valence-corrected chi connectivity index (χ1v) is 6.86. The maximum atomic E-state index is 5.14. The molecule has 1 aromatic heterocycles. The number of hydrogen-bond acceptors (Lipinski definition) is 6. The fourth-order valence-corrected chi connectivity index (χ4v) is 2.63. The minimum atomic E-state index is 0.703. The van der Waals surface area contributed by atoms with Gasteiger partial charge in [-0.05, 0) is 32.9 Å². The van der Waals surface area contributed by atoms with Crippen molar-refractivity contribution in [1.82, 2.24) is 19.9 Å². The topological polar surface area (TPSA) is 54.6 Å². The molecule has 1 unspecified atom stereocenters. The van der Waals surface area contributed by atoms with Crippen LogP contribution in [0.15, 0.2) is 4.52 Å². The van der Waals surface area contributed by atoms with Crippen molar-refractivity contribution >= 4 is 0 Å². The largest absolute Gasteiger partial charge is 0.383 e. The zero-order chi connectivity index (χ0) is 13.7. The second kappa shape index (κ2) is 6.98. The molecule has 1 saturated heterocycles. The van der Waals surface area contributed by atoms with Crippen molar-refractivity contribution in [1.29, 1.82) is 0 Å². The van der Waals surface area contributed by atoms with Crippen molar-refractivity contribution in [2.75, 3.05) is 46.9 Å². The minimum absolute atomic E-state index is 0.703. The van der Waals surface area contributed by atoms with Crippen LogP contribution in [0.2, 0.25) is 0 Å². The van der Waals surface area contributed by atoms with E-state index in [-0.39, 0.29) is 0 Å². The van der Waals surface area contributed by atoms with Crippen molar-refractivity contribution in [3.63, 3.8) is 0 Å². The summed E-state index contributed by atoms with van der Waals surface area (Å²) in [6.07, 6.45) is 1.26. The lowest BCUT2D eigenvalue weighted by Crippen LogP contribution is -2.29. The van der Waals surface area contributed by atoms with Gasteiger partial charge in [0.1, 0.15) is 0 Å². The molecule has 2 rings (SSSR count). The predicted molar refractivity (Wildman–Crippen MR) is 71.8 cm³/mol. The van der Waals surface area contributed by atoms with Gasteiger partial charge in [0.25, 0.3) is 0 Å². The van der Waals surface area contributed by atoms with Crippen LogP contribution in [-0.4, -0.2) is 66.9 Å². The summed E-state index contributed by atoms with van der Waals surface area (Å²) in [5.74, 6) is 2.13. The molecule has 0 saturated carbocycles. The van der Waals surface area contributed by atoms with E-state index in [1.54, 1.807) is 7.11 Å². The van der Waals surface area contributed by atoms with E-state index in [9.17, 15) is 0 Å². The average Bonchev–Trinajstić information content (AvgIpc) is 2.96. The van der Waals surface area contributed by atoms with Gasteiger partial charge in [0.15, 0.2) is 5.82 Å². The molecule has 1 aromatic rings. The van der Waals surface area contributed by atoms with Crippen molar-refractivity contribution < 1.29 is 9.26 Å². The molecule has 19 heavy (non-hydrogen) atoms. The normalized spacial score (nSPS) is 20.5. The maximum absolute atomic E-state index is 5.14. The van der Waals surface area contributed by atoms with Gasteiger partial charge in [-0.25, -0.2) is 0 Å². The summed E-state index contributed by atoms with van der Waals surface area (Å²) in [5, 5.41) is 3.81. The summed E-state index contributed by atoms with van der Waals surface area (Å²) in [5.41, 5.74) is 0. The zero-order valence-corrected chi connectivity index (χ0v) is 12.1. The van der Waals surface area contributed by atoms with E-state index in [1.165, 1.54) is 13.0 Å². The molecule has 0 N–H and O–H groups in total. The van der Waals surface area contributed by atoms with Crippen LogP contribution >= 0.6 is 0 Å². The van der Waals surface area contributed by atoms with E-state index in [1.807, 2.05) is 6.92 Å². The molecule has 0 radical (unpaired) electrons. The first-order valence-electron chi connectivity index (χ1n) is 6.86. The van der Waals surface area contributed by atoms with Gasteiger partial charge in [0.2, 0.25) is 5.89 Å². The third kappa shape index (κ3) is 4.56. The number of rotatable bonds is 7. The molecular weight excluding hydrogens is 244 g/mol. The Balaban J connectivity index is 1.70. The van der Waals surface area contributed by atoms with Crippen LogP contribution in [0.1, 0.15) is 18.1 Å². The van der Waals surface area contributed by atoms with E-state index in [0.29, 0.717) is 11.7 Å². The molecule has 0 aromatic carbocycles. The predicted octanol–water partition coefficient (Wildman–Crippen LogP) is 0.778. The molecule has 1 aliphatic rings. The average molecular weight is 268 g/mol. The number of methoxy groups -OCH3 is 1. The van der Waals surface area contributed by atoms with E-state index in [4.69, 9.17) is 9.26 Å². The summed E-state index contributed by atoms with van der Waals surface area (Å²) < 4.78 is 10.3. The van der Waals surface area contributed by atoms with E-state index in [0.717, 1.165) is 38.7 Å². The molecule has 0 bridgehead atoms. The molecule has 1 aliphatic heterocycles. The Labute approximate surface area is 114 Å². The Morgan fingerprint density at radius 1 is 1.53 bits per heavy atom. The van der Waals surface area contributed by atoms with Crippen LogP contribution in [0.4, 0.5) is 0 Å². The number of aromatic nitrogens is 2. The Hall–Kier alpha value is -0.980. The van der Waals surface area contributed by atoms with Crippen LogP contribution in [-0.2, 0) is 11.3 Å². The molecule has 6 heteroatoms. The minimum Gasteiger partial charge on any atom is -0.383 e. The maximum Gasteiger partial charge on any atom is 0.240 e. The van der Waals surface area contributed by atoms with Gasteiger partial charge in [-0.3, -0.25) is 4.90 Å². The molecule has 0 amide bonds. The molecule has 0 spiro atoms. The van der Waals surface area contributed by atoms with Gasteiger partial charge in [0, 0.05) is 26.7 Å². The fourth-order valence-electron chi connectivity index (χ4n) is 2.63. The van der Waals surface area contributed by atoms with E-state index in [2.05, 4.69) is 27.0 Å². The number of nitrogens with zero attached hydrogens (tertiary/aromatic N) is 4. The Bertz CT molecular complexity index is 382. The third-order valence-corrected chi connectivity index (χ3v) is 3.53. The molecule has 1 fully saturated rings. The first kappa shape index (κ1) is 14.4. The van der Waals surface area contributed by atoms with Crippen molar-refractivity contribution in [3.05, 3.63) is 11.7 Å². The number of hydrogen-bond donors (Lipinski definition) is 0. The molecule has 0 aliphatic carbocycles. The highest BCUT2D eigenvalue weighted by Gasteiger charge is 2.23. The highest BCUT2D eigenvalue weighted by Crippen LogP contribution is 2.17. The second-order valence-electron chi connectivity index (χ2n) is 5.38. The molecule has 108 valence electrons. The fraction of sp³-hybridized carbons (Fsp3) is 0.846. The van der Waals surface area contributed by atoms with Crippen molar-refractivity contribution in [2.45, 2.75) is 19.9 Å². The number of aryl methyl sites for hydroxylation is 1. The molecule has 2 heterocycles. The monoisotopic (exact) mass is 268 g/mol. The van der Waals surface area contributed by atoms with E-state index >= 15 is 0 Å². The van der Waals surface area contributed by atoms with Crippen molar-refractivity contribution in [3.8, 4) is 0 Å². The summed E-state index contributed by atoms with van der Waals surface area (Å²) >= 11 is 0. The Kier molecular flexibility index (Phi) is 5.30. The lowest BCUT2D eigenvalue weighted by atomic mass is 10.1. The number of likely N-dealkylation sites (tertiary alicyclic amines) is 1. The van der Waals surface area contributed by atoms with Crippen LogP contribution in [0, 0.1) is 12.8 Å².